The lowest BCUT2D eigenvalue weighted by molar-refractivity contribution is -0.870. The van der Waals surface area contributed by atoms with Crippen LogP contribution in [0.4, 0.5) is 0 Å². The first kappa shape index (κ1) is 67.2. The van der Waals surface area contributed by atoms with E-state index in [9.17, 15) is 19.5 Å². The van der Waals surface area contributed by atoms with E-state index >= 15 is 0 Å². The van der Waals surface area contributed by atoms with Crippen LogP contribution in [0.2, 0.25) is 0 Å². The minimum absolute atomic E-state index is 0.127. The van der Waals surface area contributed by atoms with Gasteiger partial charge in [0.1, 0.15) is 13.2 Å². The van der Waals surface area contributed by atoms with Crippen LogP contribution in [0.5, 0.6) is 0 Å². The van der Waals surface area contributed by atoms with Gasteiger partial charge in [0, 0.05) is 12.8 Å². The summed E-state index contributed by atoms with van der Waals surface area (Å²) in [6, 6.07) is 0. The van der Waals surface area contributed by atoms with Gasteiger partial charge >= 0.3 is 11.9 Å². The highest BCUT2D eigenvalue weighted by Gasteiger charge is 2.21. The van der Waals surface area contributed by atoms with Gasteiger partial charge in [-0.15, -0.1) is 0 Å². The molecule has 2 unspecified atom stereocenters. The molecule has 0 aliphatic rings. The number of quaternary nitrogens is 1. The molecule has 0 aromatic carbocycles. The van der Waals surface area contributed by atoms with Crippen molar-refractivity contribution in [1.82, 2.24) is 0 Å². The van der Waals surface area contributed by atoms with Crippen LogP contribution >= 0.6 is 0 Å². The zero-order valence-electron chi connectivity index (χ0n) is 46.4. The average molecular weight is 987 g/mol. The van der Waals surface area contributed by atoms with Gasteiger partial charge in [0.15, 0.2) is 12.4 Å². The number of nitrogens with zero attached hydrogens (tertiary/aromatic N) is 1. The number of rotatable bonds is 54. The van der Waals surface area contributed by atoms with Crippen molar-refractivity contribution in [2.45, 2.75) is 277 Å². The van der Waals surface area contributed by atoms with Gasteiger partial charge in [0.25, 0.3) is 0 Å². The molecule has 0 spiro atoms. The lowest BCUT2D eigenvalue weighted by Gasteiger charge is -2.26. The van der Waals surface area contributed by atoms with Gasteiger partial charge in [-0.1, -0.05) is 262 Å². The zero-order chi connectivity index (χ0) is 51.3. The number of unbranched alkanes of at least 4 members (excludes halogenated alkanes) is 31. The molecule has 0 aromatic heterocycles. The summed E-state index contributed by atoms with van der Waals surface area (Å²) in [5.74, 6) is -2.38. The van der Waals surface area contributed by atoms with E-state index in [-0.39, 0.29) is 38.6 Å². The van der Waals surface area contributed by atoms with Gasteiger partial charge in [-0.3, -0.25) is 9.59 Å². The molecule has 2 atom stereocenters. The second-order valence-corrected chi connectivity index (χ2v) is 20.9. The molecule has 0 saturated heterocycles. The van der Waals surface area contributed by atoms with Crippen molar-refractivity contribution in [3.05, 3.63) is 48.6 Å². The second kappa shape index (κ2) is 52.6. The smallest absolute Gasteiger partial charge is 0.306 e. The van der Waals surface area contributed by atoms with Crippen LogP contribution < -0.4 is 5.11 Å². The van der Waals surface area contributed by atoms with Gasteiger partial charge in [-0.25, -0.2) is 0 Å². The van der Waals surface area contributed by atoms with E-state index in [0.717, 1.165) is 44.9 Å². The van der Waals surface area contributed by atoms with Crippen molar-refractivity contribution in [3.8, 4) is 0 Å². The second-order valence-electron chi connectivity index (χ2n) is 20.9. The molecule has 0 bridgehead atoms. The molecular formula is C61H111NO8. The first-order valence-corrected chi connectivity index (χ1v) is 29.3. The SMILES string of the molecule is CC/C=C\C/C=C\C/C=C\C/C=C\CCC(=O)OC(COC(=O)CCCCCCCCCCCCCCCCCCCCCCCCCCCCCCCCCC)COC(OCC[N+](C)(C)C)C(=O)[O-]. The molecule has 0 amide bonds. The number of carboxylic acids is 1. The molecule has 0 aromatic rings. The third-order valence-electron chi connectivity index (χ3n) is 12.9. The monoisotopic (exact) mass is 986 g/mol. The van der Waals surface area contributed by atoms with Crippen molar-refractivity contribution in [3.63, 3.8) is 0 Å². The van der Waals surface area contributed by atoms with Crippen molar-refractivity contribution in [2.75, 3.05) is 47.5 Å². The summed E-state index contributed by atoms with van der Waals surface area (Å²) in [7, 11) is 5.90. The Morgan fingerprint density at radius 1 is 0.443 bits per heavy atom. The van der Waals surface area contributed by atoms with Crippen molar-refractivity contribution in [2.24, 2.45) is 0 Å². The molecule has 0 aliphatic heterocycles. The Morgan fingerprint density at radius 2 is 0.814 bits per heavy atom. The van der Waals surface area contributed by atoms with E-state index < -0.39 is 24.3 Å². The summed E-state index contributed by atoms with van der Waals surface area (Å²) >= 11 is 0. The van der Waals surface area contributed by atoms with Gasteiger partial charge in [-0.05, 0) is 38.5 Å². The van der Waals surface area contributed by atoms with E-state index in [4.69, 9.17) is 18.9 Å². The fourth-order valence-electron chi connectivity index (χ4n) is 8.38. The highest BCUT2D eigenvalue weighted by Crippen LogP contribution is 2.17. The molecule has 0 aliphatic carbocycles. The maximum Gasteiger partial charge on any atom is 0.306 e. The fraction of sp³-hybridized carbons (Fsp3) is 0.820. The number of carbonyl (C=O) groups is 3. The fourth-order valence-corrected chi connectivity index (χ4v) is 8.38. The lowest BCUT2D eigenvalue weighted by atomic mass is 10.0. The number of hydrogen-bond acceptors (Lipinski definition) is 8. The van der Waals surface area contributed by atoms with Crippen molar-refractivity contribution in [1.29, 1.82) is 0 Å². The van der Waals surface area contributed by atoms with Crippen LogP contribution in [0.15, 0.2) is 48.6 Å². The predicted molar refractivity (Wildman–Crippen MR) is 292 cm³/mol. The Bertz CT molecular complexity index is 1290. The largest absolute Gasteiger partial charge is 0.545 e. The zero-order valence-corrected chi connectivity index (χ0v) is 46.4. The van der Waals surface area contributed by atoms with Crippen LogP contribution in [-0.4, -0.2) is 82.3 Å². The molecule has 0 rings (SSSR count). The first-order chi connectivity index (χ1) is 34.1. The normalized spacial score (nSPS) is 13.1. The number of esters is 2. The number of ether oxygens (including phenoxy) is 4. The van der Waals surface area contributed by atoms with Crippen molar-refractivity contribution < 1.29 is 42.9 Å². The quantitative estimate of drug-likeness (QED) is 0.0195. The van der Waals surface area contributed by atoms with E-state index in [0.29, 0.717) is 17.4 Å². The first-order valence-electron chi connectivity index (χ1n) is 29.3. The number of hydrogen-bond donors (Lipinski definition) is 0. The Labute approximate surface area is 432 Å². The Balaban J connectivity index is 4.05. The lowest BCUT2D eigenvalue weighted by Crippen LogP contribution is -2.44. The molecule has 0 N–H and O–H groups in total. The van der Waals surface area contributed by atoms with Crippen molar-refractivity contribution >= 4 is 17.9 Å². The highest BCUT2D eigenvalue weighted by molar-refractivity contribution is 5.70. The summed E-state index contributed by atoms with van der Waals surface area (Å²) < 4.78 is 22.5. The summed E-state index contributed by atoms with van der Waals surface area (Å²) in [4.78, 5) is 37.1. The Hall–Kier alpha value is -2.75. The van der Waals surface area contributed by atoms with Crippen LogP contribution in [-0.2, 0) is 33.3 Å². The van der Waals surface area contributed by atoms with E-state index in [1.165, 1.54) is 186 Å². The van der Waals surface area contributed by atoms with Gasteiger partial charge in [0.2, 0.25) is 0 Å². The molecule has 9 heteroatoms. The number of aliphatic carboxylic acids is 1. The Morgan fingerprint density at radius 3 is 1.19 bits per heavy atom. The standard InChI is InChI=1S/C61H111NO8/c1-6-8-10-12-14-16-18-20-21-22-23-24-25-26-27-28-29-30-31-32-33-34-35-36-37-38-40-41-43-45-47-49-51-58(63)68-55-57(56-69-61(60(65)66)67-54-53-62(3,4)5)70-59(64)52-50-48-46-44-42-39-19-17-15-13-11-9-7-2/h9,11,15,17,39,42,46,48,57,61H,6-8,10,12-14,16,18-38,40-41,43-45,47,49-56H2,1-5H3/b11-9-,17-15-,42-39-,48-46-. The maximum atomic E-state index is 12.7. The molecule has 0 fully saturated rings. The number of carboxylic acid groups (broad SMARTS) is 1. The maximum absolute atomic E-state index is 12.7. The number of likely N-dealkylation sites (N-methyl/N-ethyl adjacent to an activating group) is 1. The van der Waals surface area contributed by atoms with Gasteiger partial charge in [-0.2, -0.15) is 0 Å². The van der Waals surface area contributed by atoms with Crippen LogP contribution in [0.1, 0.15) is 264 Å². The van der Waals surface area contributed by atoms with E-state index in [1.807, 2.05) is 33.3 Å². The minimum atomic E-state index is -1.64. The van der Waals surface area contributed by atoms with Crippen LogP contribution in [0.3, 0.4) is 0 Å². The molecule has 9 nitrogen and oxygen atoms in total. The number of allylic oxidation sites excluding steroid dienone is 8. The molecule has 0 saturated carbocycles. The van der Waals surface area contributed by atoms with Crippen LogP contribution in [0, 0.1) is 0 Å². The van der Waals surface area contributed by atoms with E-state index in [2.05, 4.69) is 50.3 Å². The Kier molecular flexibility index (Phi) is 50.5. The topological polar surface area (TPSA) is 111 Å². The summed E-state index contributed by atoms with van der Waals surface area (Å²) in [6.07, 6.45) is 62.2. The highest BCUT2D eigenvalue weighted by atomic mass is 16.7. The van der Waals surface area contributed by atoms with Gasteiger partial charge in [0.05, 0.1) is 40.3 Å². The molecule has 408 valence electrons. The summed E-state index contributed by atoms with van der Waals surface area (Å²) in [5, 5.41) is 11.7. The van der Waals surface area contributed by atoms with Crippen LogP contribution in [0.25, 0.3) is 0 Å². The molecular weight excluding hydrogens is 875 g/mol. The van der Waals surface area contributed by atoms with Gasteiger partial charge < -0.3 is 33.3 Å². The average Bonchev–Trinajstić information content (AvgIpc) is 3.33. The predicted octanol–water partition coefficient (Wildman–Crippen LogP) is 15.7. The molecule has 0 heterocycles. The third-order valence-corrected chi connectivity index (χ3v) is 12.9. The summed E-state index contributed by atoms with van der Waals surface area (Å²) in [6.45, 7) is 4.57. The molecule has 70 heavy (non-hydrogen) atoms. The number of carbonyl (C=O) groups excluding carboxylic acids is 3. The molecule has 0 radical (unpaired) electrons. The summed E-state index contributed by atoms with van der Waals surface area (Å²) in [5.41, 5.74) is 0. The van der Waals surface area contributed by atoms with E-state index in [1.54, 1.807) is 0 Å². The minimum Gasteiger partial charge on any atom is -0.545 e. The third kappa shape index (κ3) is 53.1.